The van der Waals surface area contributed by atoms with E-state index in [0.29, 0.717) is 24.7 Å². The highest BCUT2D eigenvalue weighted by Crippen LogP contribution is 2.20. The van der Waals surface area contributed by atoms with E-state index in [2.05, 4.69) is 18.7 Å². The molecule has 0 bridgehead atoms. The van der Waals surface area contributed by atoms with Crippen molar-refractivity contribution < 1.29 is 9.18 Å². The SMILES string of the molecule is CCN(CC)C1CCN(C(=O)c2cccc(C)c2F)C1. The number of hydrogen-bond donors (Lipinski definition) is 0. The van der Waals surface area contributed by atoms with Crippen LogP contribution in [0.25, 0.3) is 0 Å². The summed E-state index contributed by atoms with van der Waals surface area (Å²) in [5, 5.41) is 0. The van der Waals surface area contributed by atoms with Crippen molar-refractivity contribution in [2.75, 3.05) is 26.2 Å². The summed E-state index contributed by atoms with van der Waals surface area (Å²) in [6, 6.07) is 5.41. The summed E-state index contributed by atoms with van der Waals surface area (Å²) in [7, 11) is 0. The molecule has 0 aromatic heterocycles. The van der Waals surface area contributed by atoms with Gasteiger partial charge in [-0.2, -0.15) is 0 Å². The molecule has 1 fully saturated rings. The van der Waals surface area contributed by atoms with E-state index in [4.69, 9.17) is 0 Å². The van der Waals surface area contributed by atoms with Gasteiger partial charge in [0.25, 0.3) is 5.91 Å². The summed E-state index contributed by atoms with van der Waals surface area (Å²) in [5.41, 5.74) is 0.723. The number of amides is 1. The molecule has 1 amide bonds. The zero-order valence-electron chi connectivity index (χ0n) is 12.5. The molecule has 0 spiro atoms. The number of rotatable bonds is 4. The monoisotopic (exact) mass is 278 g/mol. The number of benzene rings is 1. The van der Waals surface area contributed by atoms with Crippen LogP contribution >= 0.6 is 0 Å². The molecule has 20 heavy (non-hydrogen) atoms. The topological polar surface area (TPSA) is 23.6 Å². The summed E-state index contributed by atoms with van der Waals surface area (Å²) >= 11 is 0. The predicted molar refractivity (Wildman–Crippen MR) is 78.4 cm³/mol. The highest BCUT2D eigenvalue weighted by atomic mass is 19.1. The number of carbonyl (C=O) groups is 1. The van der Waals surface area contributed by atoms with Crippen LogP contribution in [0.2, 0.25) is 0 Å². The van der Waals surface area contributed by atoms with E-state index in [9.17, 15) is 9.18 Å². The second kappa shape index (κ2) is 6.35. The molecule has 1 aliphatic heterocycles. The van der Waals surface area contributed by atoms with Crippen LogP contribution in [-0.4, -0.2) is 47.9 Å². The first kappa shape index (κ1) is 15.0. The Balaban J connectivity index is 2.10. The molecule has 1 heterocycles. The van der Waals surface area contributed by atoms with Gasteiger partial charge in [0.15, 0.2) is 0 Å². The molecule has 1 atom stereocenters. The van der Waals surface area contributed by atoms with Gasteiger partial charge in [-0.25, -0.2) is 4.39 Å². The fourth-order valence-corrected chi connectivity index (χ4v) is 2.95. The number of hydrogen-bond acceptors (Lipinski definition) is 2. The summed E-state index contributed by atoms with van der Waals surface area (Å²) in [5.74, 6) is -0.565. The van der Waals surface area contributed by atoms with Crippen LogP contribution in [0.4, 0.5) is 4.39 Å². The van der Waals surface area contributed by atoms with Gasteiger partial charge in [-0.3, -0.25) is 9.69 Å². The number of likely N-dealkylation sites (N-methyl/N-ethyl adjacent to an activating group) is 1. The van der Waals surface area contributed by atoms with Gasteiger partial charge in [0.2, 0.25) is 0 Å². The number of halogens is 1. The third-order valence-corrected chi connectivity index (χ3v) is 4.20. The van der Waals surface area contributed by atoms with Crippen LogP contribution in [-0.2, 0) is 0 Å². The van der Waals surface area contributed by atoms with Crippen LogP contribution in [0.3, 0.4) is 0 Å². The first-order valence-corrected chi connectivity index (χ1v) is 7.36. The number of aryl methyl sites for hydroxylation is 1. The minimum Gasteiger partial charge on any atom is -0.337 e. The zero-order valence-corrected chi connectivity index (χ0v) is 12.5. The number of carbonyl (C=O) groups excluding carboxylic acids is 1. The standard InChI is InChI=1S/C16H23FN2O/c1-4-18(5-2)13-9-10-19(11-13)16(20)14-8-6-7-12(3)15(14)17/h6-8,13H,4-5,9-11H2,1-3H3. The average Bonchev–Trinajstić information content (AvgIpc) is 2.92. The maximum absolute atomic E-state index is 14.0. The Labute approximate surface area is 120 Å². The van der Waals surface area contributed by atoms with E-state index >= 15 is 0 Å². The molecule has 4 heteroatoms. The Kier molecular flexibility index (Phi) is 4.76. The Morgan fingerprint density at radius 2 is 2.10 bits per heavy atom. The third kappa shape index (κ3) is 2.85. The van der Waals surface area contributed by atoms with Gasteiger partial charge < -0.3 is 4.90 Å². The van der Waals surface area contributed by atoms with Gasteiger partial charge in [0.05, 0.1) is 5.56 Å². The molecule has 0 aliphatic carbocycles. The second-order valence-electron chi connectivity index (χ2n) is 5.35. The van der Waals surface area contributed by atoms with E-state index in [1.807, 2.05) is 0 Å². The van der Waals surface area contributed by atoms with E-state index in [1.54, 1.807) is 30.0 Å². The van der Waals surface area contributed by atoms with Crippen molar-refractivity contribution in [1.29, 1.82) is 0 Å². The van der Waals surface area contributed by atoms with Crippen molar-refractivity contribution in [3.63, 3.8) is 0 Å². The van der Waals surface area contributed by atoms with Gasteiger partial charge in [-0.05, 0) is 38.1 Å². The number of likely N-dealkylation sites (tertiary alicyclic amines) is 1. The molecule has 1 aromatic rings. The fraction of sp³-hybridized carbons (Fsp3) is 0.562. The first-order chi connectivity index (χ1) is 9.58. The van der Waals surface area contributed by atoms with Gasteiger partial charge in [-0.15, -0.1) is 0 Å². The largest absolute Gasteiger partial charge is 0.337 e. The quantitative estimate of drug-likeness (QED) is 0.845. The fourth-order valence-electron chi connectivity index (χ4n) is 2.95. The van der Waals surface area contributed by atoms with E-state index in [0.717, 1.165) is 19.5 Å². The van der Waals surface area contributed by atoms with E-state index in [-0.39, 0.29) is 17.3 Å². The minimum absolute atomic E-state index is 0.180. The Hall–Kier alpha value is -1.42. The highest BCUT2D eigenvalue weighted by molar-refractivity contribution is 5.94. The average molecular weight is 278 g/mol. The predicted octanol–water partition coefficient (Wildman–Crippen LogP) is 2.69. The zero-order chi connectivity index (χ0) is 14.7. The summed E-state index contributed by atoms with van der Waals surface area (Å²) in [6.07, 6.45) is 0.973. The smallest absolute Gasteiger partial charge is 0.256 e. The minimum atomic E-state index is -0.385. The third-order valence-electron chi connectivity index (χ3n) is 4.20. The van der Waals surface area contributed by atoms with Crippen molar-refractivity contribution in [3.05, 3.63) is 35.1 Å². The molecule has 1 unspecified atom stereocenters. The Morgan fingerprint density at radius 1 is 1.40 bits per heavy atom. The Morgan fingerprint density at radius 3 is 2.75 bits per heavy atom. The van der Waals surface area contributed by atoms with Crippen molar-refractivity contribution in [1.82, 2.24) is 9.80 Å². The molecule has 1 aromatic carbocycles. The Bertz CT molecular complexity index is 485. The lowest BCUT2D eigenvalue weighted by Crippen LogP contribution is -2.38. The molecule has 2 rings (SSSR count). The van der Waals surface area contributed by atoms with Crippen molar-refractivity contribution in [2.24, 2.45) is 0 Å². The van der Waals surface area contributed by atoms with Crippen LogP contribution in [0.15, 0.2) is 18.2 Å². The number of nitrogens with zero attached hydrogens (tertiary/aromatic N) is 2. The molecule has 0 N–H and O–H groups in total. The van der Waals surface area contributed by atoms with E-state index in [1.165, 1.54) is 0 Å². The molecular formula is C16H23FN2O. The lowest BCUT2D eigenvalue weighted by atomic mass is 10.1. The molecule has 3 nitrogen and oxygen atoms in total. The van der Waals surface area contributed by atoms with Gasteiger partial charge in [0.1, 0.15) is 5.82 Å². The lowest BCUT2D eigenvalue weighted by molar-refractivity contribution is 0.0773. The molecule has 0 saturated carbocycles. The van der Waals surface area contributed by atoms with Gasteiger partial charge >= 0.3 is 0 Å². The van der Waals surface area contributed by atoms with Crippen molar-refractivity contribution >= 4 is 5.91 Å². The summed E-state index contributed by atoms with van der Waals surface area (Å²) in [4.78, 5) is 16.6. The molecule has 110 valence electrons. The lowest BCUT2D eigenvalue weighted by Gasteiger charge is -2.26. The van der Waals surface area contributed by atoms with Gasteiger partial charge in [-0.1, -0.05) is 26.0 Å². The summed E-state index contributed by atoms with van der Waals surface area (Å²) < 4.78 is 14.0. The highest BCUT2D eigenvalue weighted by Gasteiger charge is 2.30. The molecule has 1 aliphatic rings. The van der Waals surface area contributed by atoms with Crippen molar-refractivity contribution in [3.8, 4) is 0 Å². The van der Waals surface area contributed by atoms with Crippen LogP contribution in [0.1, 0.15) is 36.2 Å². The van der Waals surface area contributed by atoms with Crippen LogP contribution in [0.5, 0.6) is 0 Å². The maximum Gasteiger partial charge on any atom is 0.256 e. The second-order valence-corrected chi connectivity index (χ2v) is 5.35. The normalized spacial score (nSPS) is 18.9. The van der Waals surface area contributed by atoms with Gasteiger partial charge in [0, 0.05) is 19.1 Å². The maximum atomic E-state index is 14.0. The first-order valence-electron chi connectivity index (χ1n) is 7.36. The van der Waals surface area contributed by atoms with Crippen molar-refractivity contribution in [2.45, 2.75) is 33.2 Å². The summed E-state index contributed by atoms with van der Waals surface area (Å²) in [6.45, 7) is 9.35. The molecular weight excluding hydrogens is 255 g/mol. The molecule has 0 radical (unpaired) electrons. The van der Waals surface area contributed by atoms with Crippen LogP contribution in [0, 0.1) is 12.7 Å². The molecule has 1 saturated heterocycles. The van der Waals surface area contributed by atoms with Crippen LogP contribution < -0.4 is 0 Å². The van der Waals surface area contributed by atoms with E-state index < -0.39 is 0 Å².